The summed E-state index contributed by atoms with van der Waals surface area (Å²) in [6.07, 6.45) is -3.84. The maximum Gasteiger partial charge on any atom is 0.416 e. The van der Waals surface area contributed by atoms with Crippen LogP contribution in [0.5, 0.6) is 0 Å². The van der Waals surface area contributed by atoms with Crippen LogP contribution in [-0.4, -0.2) is 35.5 Å². The summed E-state index contributed by atoms with van der Waals surface area (Å²) >= 11 is 0. The molecule has 3 aromatic carbocycles. The molecule has 0 aliphatic rings. The summed E-state index contributed by atoms with van der Waals surface area (Å²) in [5.41, 5.74) is -1.55. The van der Waals surface area contributed by atoms with Crippen molar-refractivity contribution < 1.29 is 39.2 Å². The SMILES string of the molecule is CS(=O)(=O)N(CC(=O)Nc1ccc(S(=O)(=O)Nc2cccc(C(F)(F)F)c2)cc1)c1ccccc1F. The minimum absolute atomic E-state index is 0.0972. The molecule has 0 unspecified atom stereocenters. The van der Waals surface area contributed by atoms with Gasteiger partial charge in [-0.3, -0.25) is 13.8 Å². The van der Waals surface area contributed by atoms with E-state index in [9.17, 15) is 39.2 Å². The Morgan fingerprint density at radius 3 is 2.11 bits per heavy atom. The average Bonchev–Trinajstić information content (AvgIpc) is 2.77. The van der Waals surface area contributed by atoms with Crippen molar-refractivity contribution in [1.29, 1.82) is 0 Å². The number of nitrogens with one attached hydrogen (secondary N) is 2. The third-order valence-electron chi connectivity index (χ3n) is 4.70. The lowest BCUT2D eigenvalue weighted by Crippen LogP contribution is -2.38. The second kappa shape index (κ2) is 10.1. The van der Waals surface area contributed by atoms with Crippen LogP contribution in [0.15, 0.2) is 77.7 Å². The molecule has 0 aliphatic heterocycles. The highest BCUT2D eigenvalue weighted by Crippen LogP contribution is 2.31. The van der Waals surface area contributed by atoms with Crippen molar-refractivity contribution in [3.8, 4) is 0 Å². The minimum atomic E-state index is -4.65. The molecule has 0 fully saturated rings. The normalized spacial score (nSPS) is 12.1. The molecule has 192 valence electrons. The van der Waals surface area contributed by atoms with E-state index in [0.717, 1.165) is 42.7 Å². The standard InChI is InChI=1S/C22H19F4N3O5S2/c1-35(31,32)29(20-8-3-2-7-19(20)23)14-21(30)27-16-9-11-18(12-10-16)36(33,34)28-17-6-4-5-15(13-17)22(24,25)26/h2-13,28H,14H2,1H3,(H,27,30). The molecule has 36 heavy (non-hydrogen) atoms. The second-order valence-electron chi connectivity index (χ2n) is 7.48. The van der Waals surface area contributed by atoms with Crippen molar-refractivity contribution in [2.45, 2.75) is 11.1 Å². The van der Waals surface area contributed by atoms with Gasteiger partial charge in [0.15, 0.2) is 0 Å². The van der Waals surface area contributed by atoms with Gasteiger partial charge >= 0.3 is 6.18 Å². The highest BCUT2D eigenvalue weighted by atomic mass is 32.2. The Bertz CT molecular complexity index is 1480. The quantitative estimate of drug-likeness (QED) is 0.415. The Morgan fingerprint density at radius 1 is 0.889 bits per heavy atom. The molecule has 0 aromatic heterocycles. The highest BCUT2D eigenvalue weighted by Gasteiger charge is 2.31. The van der Waals surface area contributed by atoms with E-state index in [2.05, 4.69) is 5.32 Å². The molecule has 0 atom stereocenters. The van der Waals surface area contributed by atoms with E-state index in [1.807, 2.05) is 4.72 Å². The molecule has 1 amide bonds. The topological polar surface area (TPSA) is 113 Å². The number of hydrogen-bond donors (Lipinski definition) is 2. The van der Waals surface area contributed by atoms with Gasteiger partial charge in [-0.25, -0.2) is 21.2 Å². The number of nitrogens with zero attached hydrogens (tertiary/aromatic N) is 1. The van der Waals surface area contributed by atoms with Crippen LogP contribution in [0.25, 0.3) is 0 Å². The zero-order valence-corrected chi connectivity index (χ0v) is 20.1. The molecule has 3 aromatic rings. The molecule has 8 nitrogen and oxygen atoms in total. The van der Waals surface area contributed by atoms with Gasteiger partial charge in [-0.1, -0.05) is 18.2 Å². The summed E-state index contributed by atoms with van der Waals surface area (Å²) in [6.45, 7) is -0.753. The number of anilines is 3. The molecule has 0 saturated carbocycles. The summed E-state index contributed by atoms with van der Waals surface area (Å²) in [7, 11) is -8.28. The Morgan fingerprint density at radius 2 is 1.53 bits per heavy atom. The molecule has 0 bridgehead atoms. The predicted octanol–water partition coefficient (Wildman–Crippen LogP) is 4.05. The number of alkyl halides is 3. The van der Waals surface area contributed by atoms with Crippen LogP contribution in [0.3, 0.4) is 0 Å². The zero-order chi connectivity index (χ0) is 26.7. The maximum absolute atomic E-state index is 14.1. The highest BCUT2D eigenvalue weighted by molar-refractivity contribution is 7.92. The first kappa shape index (κ1) is 26.9. The van der Waals surface area contributed by atoms with Gasteiger partial charge in [0.05, 0.1) is 22.4 Å². The summed E-state index contributed by atoms with van der Waals surface area (Å²) < 4.78 is 105. The van der Waals surface area contributed by atoms with E-state index in [1.165, 1.54) is 30.3 Å². The van der Waals surface area contributed by atoms with Gasteiger partial charge in [0.1, 0.15) is 12.4 Å². The molecule has 0 saturated heterocycles. The molecule has 2 N–H and O–H groups in total. The van der Waals surface area contributed by atoms with E-state index in [1.54, 1.807) is 0 Å². The number of amides is 1. The van der Waals surface area contributed by atoms with E-state index < -0.39 is 50.1 Å². The van der Waals surface area contributed by atoms with E-state index in [-0.39, 0.29) is 22.0 Å². The number of halogens is 4. The third kappa shape index (κ3) is 6.73. The lowest BCUT2D eigenvalue weighted by atomic mass is 10.2. The van der Waals surface area contributed by atoms with E-state index >= 15 is 0 Å². The Balaban J connectivity index is 1.73. The van der Waals surface area contributed by atoms with Gasteiger partial charge in [-0.05, 0) is 54.6 Å². The largest absolute Gasteiger partial charge is 0.416 e. The molecule has 0 spiro atoms. The number of carbonyl (C=O) groups excluding carboxylic acids is 1. The molecule has 0 aliphatic carbocycles. The molecular weight excluding hydrogens is 526 g/mol. The van der Waals surface area contributed by atoms with Crippen LogP contribution in [-0.2, 0) is 31.0 Å². The first-order valence-electron chi connectivity index (χ1n) is 9.99. The van der Waals surface area contributed by atoms with Gasteiger partial charge in [0.2, 0.25) is 15.9 Å². The van der Waals surface area contributed by atoms with Gasteiger partial charge < -0.3 is 5.32 Å². The fourth-order valence-electron chi connectivity index (χ4n) is 3.06. The first-order chi connectivity index (χ1) is 16.7. The zero-order valence-electron chi connectivity index (χ0n) is 18.5. The minimum Gasteiger partial charge on any atom is -0.325 e. The fourth-order valence-corrected chi connectivity index (χ4v) is 4.96. The predicted molar refractivity (Wildman–Crippen MR) is 126 cm³/mol. The lowest BCUT2D eigenvalue weighted by Gasteiger charge is -2.22. The number of benzene rings is 3. The number of para-hydroxylation sites is 1. The van der Waals surface area contributed by atoms with Crippen molar-refractivity contribution >= 4 is 43.0 Å². The molecule has 0 heterocycles. The monoisotopic (exact) mass is 545 g/mol. The summed E-state index contributed by atoms with van der Waals surface area (Å²) in [6, 6.07) is 13.2. The first-order valence-corrected chi connectivity index (χ1v) is 13.3. The van der Waals surface area contributed by atoms with Crippen LogP contribution in [0.2, 0.25) is 0 Å². The Labute approximate surface area is 204 Å². The molecule has 3 rings (SSSR count). The number of sulfonamides is 2. The van der Waals surface area contributed by atoms with Crippen LogP contribution in [0, 0.1) is 5.82 Å². The third-order valence-corrected chi connectivity index (χ3v) is 7.22. The van der Waals surface area contributed by atoms with Crippen molar-refractivity contribution in [3.05, 3.63) is 84.2 Å². The van der Waals surface area contributed by atoms with E-state index in [4.69, 9.17) is 0 Å². The van der Waals surface area contributed by atoms with Crippen molar-refractivity contribution in [3.63, 3.8) is 0 Å². The van der Waals surface area contributed by atoms with Crippen molar-refractivity contribution in [2.24, 2.45) is 0 Å². The number of hydrogen-bond acceptors (Lipinski definition) is 5. The smallest absolute Gasteiger partial charge is 0.325 e. The van der Waals surface area contributed by atoms with E-state index in [0.29, 0.717) is 10.4 Å². The Hall–Kier alpha value is -3.65. The Kier molecular flexibility index (Phi) is 7.59. The summed E-state index contributed by atoms with van der Waals surface area (Å²) in [5, 5.41) is 2.38. The van der Waals surface area contributed by atoms with Crippen LogP contribution in [0.1, 0.15) is 5.56 Å². The molecule has 14 heteroatoms. The van der Waals surface area contributed by atoms with Crippen LogP contribution < -0.4 is 14.3 Å². The second-order valence-corrected chi connectivity index (χ2v) is 11.1. The fraction of sp³-hybridized carbons (Fsp3) is 0.136. The number of carbonyl (C=O) groups is 1. The summed E-state index contributed by atoms with van der Waals surface area (Å²) in [5.74, 6) is -1.68. The number of rotatable bonds is 8. The molecular formula is C22H19F4N3O5S2. The lowest BCUT2D eigenvalue weighted by molar-refractivity contribution is -0.137. The van der Waals surface area contributed by atoms with Crippen molar-refractivity contribution in [2.75, 3.05) is 27.1 Å². The van der Waals surface area contributed by atoms with Gasteiger partial charge in [0.25, 0.3) is 10.0 Å². The van der Waals surface area contributed by atoms with Gasteiger partial charge in [0, 0.05) is 11.4 Å². The van der Waals surface area contributed by atoms with Crippen molar-refractivity contribution in [1.82, 2.24) is 0 Å². The van der Waals surface area contributed by atoms with Crippen LogP contribution in [0.4, 0.5) is 34.6 Å². The molecule has 0 radical (unpaired) electrons. The maximum atomic E-state index is 14.1. The van der Waals surface area contributed by atoms with Gasteiger partial charge in [-0.15, -0.1) is 0 Å². The van der Waals surface area contributed by atoms with Gasteiger partial charge in [-0.2, -0.15) is 13.2 Å². The van der Waals surface area contributed by atoms with Crippen LogP contribution >= 0.6 is 0 Å². The average molecular weight is 546 g/mol. The summed E-state index contributed by atoms with van der Waals surface area (Å²) in [4.78, 5) is 12.1.